The highest BCUT2D eigenvalue weighted by Gasteiger charge is 2.26. The molecule has 8 heteroatoms. The third-order valence-corrected chi connectivity index (χ3v) is 6.95. The Hall–Kier alpha value is -1.41. The highest BCUT2D eigenvalue weighted by molar-refractivity contribution is 7.89. The molecule has 0 saturated carbocycles. The summed E-state index contributed by atoms with van der Waals surface area (Å²) in [6, 6.07) is 4.47. The van der Waals surface area contributed by atoms with Crippen LogP contribution in [0.25, 0.3) is 0 Å². The lowest BCUT2D eigenvalue weighted by atomic mass is 10.2. The Morgan fingerprint density at radius 1 is 1.21 bits per heavy atom. The van der Waals surface area contributed by atoms with Crippen molar-refractivity contribution in [2.45, 2.75) is 44.4 Å². The summed E-state index contributed by atoms with van der Waals surface area (Å²) in [6.07, 6.45) is 3.83. The molecule has 156 valence electrons. The maximum atomic E-state index is 13.0. The molecule has 1 aromatic carbocycles. The topological polar surface area (TPSA) is 69.7 Å². The SMILES string of the molecule is C=C(C)CN(CC)CC(=O)Nc1cc(S(=O)(=O)N2CCCCCC2)ccc1Cl. The van der Waals surface area contributed by atoms with Crippen molar-refractivity contribution in [3.8, 4) is 0 Å². The molecule has 28 heavy (non-hydrogen) atoms. The second-order valence-corrected chi connectivity index (χ2v) is 9.61. The summed E-state index contributed by atoms with van der Waals surface area (Å²) < 4.78 is 27.5. The van der Waals surface area contributed by atoms with Gasteiger partial charge in [0.15, 0.2) is 0 Å². The maximum Gasteiger partial charge on any atom is 0.243 e. The molecule has 0 aliphatic carbocycles. The number of likely N-dealkylation sites (N-methyl/N-ethyl adjacent to an activating group) is 1. The summed E-state index contributed by atoms with van der Waals surface area (Å²) in [7, 11) is -3.60. The third-order valence-electron chi connectivity index (χ3n) is 4.72. The number of benzene rings is 1. The molecule has 1 heterocycles. The molecule has 1 aliphatic heterocycles. The molecule has 1 amide bonds. The van der Waals surface area contributed by atoms with Crippen LogP contribution in [0.15, 0.2) is 35.2 Å². The molecule has 0 spiro atoms. The standard InChI is InChI=1S/C20H30ClN3O3S/c1-4-23(14-16(2)3)15-20(25)22-19-13-17(9-10-18(19)21)28(26,27)24-11-7-5-6-8-12-24/h9-10,13H,2,4-8,11-12,14-15H2,1,3H3,(H,22,25). The zero-order valence-electron chi connectivity index (χ0n) is 16.7. The molecule has 2 rings (SSSR count). The van der Waals surface area contributed by atoms with Crippen molar-refractivity contribution in [3.63, 3.8) is 0 Å². The van der Waals surface area contributed by atoms with E-state index < -0.39 is 10.0 Å². The van der Waals surface area contributed by atoms with E-state index in [2.05, 4.69) is 11.9 Å². The summed E-state index contributed by atoms with van der Waals surface area (Å²) in [5.74, 6) is -0.241. The minimum Gasteiger partial charge on any atom is -0.324 e. The number of carbonyl (C=O) groups is 1. The highest BCUT2D eigenvalue weighted by atomic mass is 35.5. The van der Waals surface area contributed by atoms with Crippen molar-refractivity contribution < 1.29 is 13.2 Å². The molecule has 0 bridgehead atoms. The first-order valence-corrected chi connectivity index (χ1v) is 11.5. The lowest BCUT2D eigenvalue weighted by Crippen LogP contribution is -2.34. The number of halogens is 1. The first kappa shape index (κ1) is 22.9. The van der Waals surface area contributed by atoms with Gasteiger partial charge in [0.1, 0.15) is 0 Å². The fourth-order valence-electron chi connectivity index (χ4n) is 3.25. The predicted octanol–water partition coefficient (Wildman–Crippen LogP) is 3.74. The van der Waals surface area contributed by atoms with Crippen LogP contribution in [0.3, 0.4) is 0 Å². The number of amides is 1. The van der Waals surface area contributed by atoms with Crippen LogP contribution in [0.4, 0.5) is 5.69 Å². The van der Waals surface area contributed by atoms with Gasteiger partial charge in [-0.15, -0.1) is 0 Å². The van der Waals surface area contributed by atoms with Crippen molar-refractivity contribution in [2.24, 2.45) is 0 Å². The monoisotopic (exact) mass is 427 g/mol. The number of sulfonamides is 1. The minimum absolute atomic E-state index is 0.156. The van der Waals surface area contributed by atoms with Gasteiger partial charge in [-0.3, -0.25) is 9.69 Å². The first-order valence-electron chi connectivity index (χ1n) is 9.70. The summed E-state index contributed by atoms with van der Waals surface area (Å²) in [6.45, 7) is 10.3. The molecule has 1 aromatic rings. The van der Waals surface area contributed by atoms with Gasteiger partial charge < -0.3 is 5.32 Å². The van der Waals surface area contributed by atoms with Gasteiger partial charge >= 0.3 is 0 Å². The van der Waals surface area contributed by atoms with Crippen molar-refractivity contribution in [2.75, 3.05) is 38.0 Å². The van der Waals surface area contributed by atoms with E-state index >= 15 is 0 Å². The lowest BCUT2D eigenvalue weighted by molar-refractivity contribution is -0.117. The summed E-state index contributed by atoms with van der Waals surface area (Å²) in [4.78, 5) is 14.5. The van der Waals surface area contributed by atoms with Crippen LogP contribution in [0.2, 0.25) is 5.02 Å². The van der Waals surface area contributed by atoms with Crippen LogP contribution in [0.5, 0.6) is 0 Å². The Balaban J connectivity index is 2.16. The second kappa shape index (κ2) is 10.4. The summed E-state index contributed by atoms with van der Waals surface area (Å²) in [5.41, 5.74) is 1.28. The highest BCUT2D eigenvalue weighted by Crippen LogP contribution is 2.28. The van der Waals surface area contributed by atoms with Crippen LogP contribution in [-0.4, -0.2) is 56.3 Å². The number of hydrogen-bond donors (Lipinski definition) is 1. The molecule has 0 radical (unpaired) electrons. The quantitative estimate of drug-likeness (QED) is 0.641. The molecule has 0 aromatic heterocycles. The van der Waals surface area contributed by atoms with Crippen LogP contribution in [0.1, 0.15) is 39.5 Å². The average Bonchev–Trinajstić information content (AvgIpc) is 2.92. The summed E-state index contributed by atoms with van der Waals surface area (Å²) in [5, 5.41) is 3.06. The van der Waals surface area contributed by atoms with Gasteiger partial charge in [-0.25, -0.2) is 8.42 Å². The van der Waals surface area contributed by atoms with Gasteiger partial charge in [0.05, 0.1) is 22.2 Å². The van der Waals surface area contributed by atoms with E-state index in [0.29, 0.717) is 36.9 Å². The van der Waals surface area contributed by atoms with Crippen LogP contribution >= 0.6 is 11.6 Å². The van der Waals surface area contributed by atoms with Gasteiger partial charge in [0.25, 0.3) is 0 Å². The minimum atomic E-state index is -3.60. The van der Waals surface area contributed by atoms with Crippen LogP contribution in [0, 0.1) is 0 Å². The van der Waals surface area contributed by atoms with Crippen molar-refractivity contribution in [3.05, 3.63) is 35.4 Å². The Morgan fingerprint density at radius 3 is 2.43 bits per heavy atom. The van der Waals surface area contributed by atoms with Gasteiger partial charge in [-0.2, -0.15) is 4.31 Å². The van der Waals surface area contributed by atoms with Crippen molar-refractivity contribution >= 4 is 33.2 Å². The molecule has 1 saturated heterocycles. The molecule has 6 nitrogen and oxygen atoms in total. The number of nitrogens with one attached hydrogen (secondary N) is 1. The normalized spacial score (nSPS) is 16.0. The van der Waals surface area contributed by atoms with E-state index in [0.717, 1.165) is 31.3 Å². The van der Waals surface area contributed by atoms with E-state index in [9.17, 15) is 13.2 Å². The van der Waals surface area contributed by atoms with Gasteiger partial charge in [0.2, 0.25) is 15.9 Å². The Morgan fingerprint density at radius 2 is 1.86 bits per heavy atom. The molecule has 1 aliphatic rings. The molecule has 1 fully saturated rings. The van der Waals surface area contributed by atoms with Crippen molar-refractivity contribution in [1.29, 1.82) is 0 Å². The average molecular weight is 428 g/mol. The van der Waals surface area contributed by atoms with E-state index in [1.807, 2.05) is 18.7 Å². The number of anilines is 1. The van der Waals surface area contributed by atoms with E-state index in [4.69, 9.17) is 11.6 Å². The summed E-state index contributed by atoms with van der Waals surface area (Å²) >= 11 is 6.21. The first-order chi connectivity index (χ1) is 13.2. The molecule has 1 N–H and O–H groups in total. The Kier molecular flexibility index (Phi) is 8.49. The molecule has 0 atom stereocenters. The predicted molar refractivity (Wildman–Crippen MR) is 114 cm³/mol. The number of rotatable bonds is 8. The fourth-order valence-corrected chi connectivity index (χ4v) is 4.95. The molecular weight excluding hydrogens is 398 g/mol. The Labute approximate surface area is 173 Å². The van der Waals surface area contributed by atoms with Crippen molar-refractivity contribution in [1.82, 2.24) is 9.21 Å². The maximum absolute atomic E-state index is 13.0. The van der Waals surface area contributed by atoms with E-state index in [-0.39, 0.29) is 17.3 Å². The lowest BCUT2D eigenvalue weighted by Gasteiger charge is -2.21. The zero-order chi connectivity index (χ0) is 20.7. The molecular formula is C20H30ClN3O3S. The van der Waals surface area contributed by atoms with Crippen LogP contribution in [-0.2, 0) is 14.8 Å². The third kappa shape index (κ3) is 6.30. The number of nitrogens with zero attached hydrogens (tertiary/aromatic N) is 2. The van der Waals surface area contributed by atoms with Gasteiger partial charge in [-0.1, -0.05) is 43.5 Å². The number of carbonyl (C=O) groups excluding carboxylic acids is 1. The smallest absolute Gasteiger partial charge is 0.243 e. The van der Waals surface area contributed by atoms with Gasteiger partial charge in [0, 0.05) is 19.6 Å². The fraction of sp³-hybridized carbons (Fsp3) is 0.550. The van der Waals surface area contributed by atoms with E-state index in [1.54, 1.807) is 0 Å². The van der Waals surface area contributed by atoms with Crippen LogP contribution < -0.4 is 5.32 Å². The molecule has 0 unspecified atom stereocenters. The largest absolute Gasteiger partial charge is 0.324 e. The number of hydrogen-bond acceptors (Lipinski definition) is 4. The second-order valence-electron chi connectivity index (χ2n) is 7.27. The van der Waals surface area contributed by atoms with Gasteiger partial charge in [-0.05, 0) is 44.5 Å². The Bertz CT molecular complexity index is 803. The zero-order valence-corrected chi connectivity index (χ0v) is 18.3. The van der Waals surface area contributed by atoms with E-state index in [1.165, 1.54) is 22.5 Å².